The van der Waals surface area contributed by atoms with Gasteiger partial charge in [-0.05, 0) is 31.0 Å². The largest absolute Gasteiger partial charge is 0.496 e. The fourth-order valence-corrected chi connectivity index (χ4v) is 2.60. The molecule has 2 rings (SSSR count). The molecule has 104 valence electrons. The van der Waals surface area contributed by atoms with Crippen LogP contribution in [-0.4, -0.2) is 36.7 Å². The number of carbonyl (C=O) groups excluding carboxylic acids is 1. The quantitative estimate of drug-likeness (QED) is 0.901. The van der Waals surface area contributed by atoms with E-state index in [2.05, 4.69) is 15.9 Å². The number of rotatable bonds is 5. The monoisotopic (exact) mass is 327 g/mol. The van der Waals surface area contributed by atoms with Crippen molar-refractivity contribution in [1.82, 2.24) is 4.90 Å². The predicted molar refractivity (Wildman–Crippen MR) is 75.9 cm³/mol. The van der Waals surface area contributed by atoms with E-state index in [0.717, 1.165) is 28.6 Å². The smallest absolute Gasteiger partial charge is 0.231 e. The van der Waals surface area contributed by atoms with Crippen LogP contribution in [0.5, 0.6) is 5.75 Å². The number of nitrogens with zero attached hydrogens (tertiary/aromatic N) is 1. The van der Waals surface area contributed by atoms with Gasteiger partial charge >= 0.3 is 0 Å². The summed E-state index contributed by atoms with van der Waals surface area (Å²) in [4.78, 5) is 13.9. The van der Waals surface area contributed by atoms with Crippen molar-refractivity contribution in [2.75, 3.05) is 20.8 Å². The number of halogens is 1. The van der Waals surface area contributed by atoms with Gasteiger partial charge < -0.3 is 14.7 Å². The lowest BCUT2D eigenvalue weighted by Gasteiger charge is -2.23. The van der Waals surface area contributed by atoms with E-state index in [1.54, 1.807) is 19.1 Å². The van der Waals surface area contributed by atoms with Crippen molar-refractivity contribution in [2.45, 2.75) is 19.4 Å². The number of hydrogen-bond acceptors (Lipinski definition) is 3. The first kappa shape index (κ1) is 14.3. The van der Waals surface area contributed by atoms with Gasteiger partial charge in [0.05, 0.1) is 19.1 Å². The summed E-state index contributed by atoms with van der Waals surface area (Å²) in [5.41, 5.74) is 0.426. The van der Waals surface area contributed by atoms with Gasteiger partial charge in [-0.1, -0.05) is 15.9 Å². The molecule has 0 unspecified atom stereocenters. The van der Waals surface area contributed by atoms with Gasteiger partial charge in [0.1, 0.15) is 5.75 Å². The Kier molecular flexibility index (Phi) is 4.16. The van der Waals surface area contributed by atoms with Gasteiger partial charge in [-0.2, -0.15) is 0 Å². The number of aliphatic hydroxyl groups excluding tert-OH is 1. The van der Waals surface area contributed by atoms with E-state index in [1.165, 1.54) is 0 Å². The van der Waals surface area contributed by atoms with E-state index < -0.39 is 5.41 Å². The second-order valence-corrected chi connectivity index (χ2v) is 5.97. The van der Waals surface area contributed by atoms with Crippen LogP contribution in [0.1, 0.15) is 18.4 Å². The second kappa shape index (κ2) is 5.51. The highest BCUT2D eigenvalue weighted by Crippen LogP contribution is 2.46. The Bertz CT molecular complexity index is 486. The number of carbonyl (C=O) groups is 1. The molecule has 4 nitrogen and oxygen atoms in total. The molecule has 0 atom stereocenters. The molecular formula is C14H18BrNO3. The summed E-state index contributed by atoms with van der Waals surface area (Å²) < 4.78 is 6.25. The summed E-state index contributed by atoms with van der Waals surface area (Å²) in [5.74, 6) is 0.772. The Morgan fingerprint density at radius 3 is 2.74 bits per heavy atom. The van der Waals surface area contributed by atoms with Crippen LogP contribution >= 0.6 is 15.9 Å². The molecule has 0 heterocycles. The molecule has 0 radical (unpaired) electrons. The van der Waals surface area contributed by atoms with Crippen LogP contribution < -0.4 is 4.74 Å². The molecule has 0 aliphatic heterocycles. The summed E-state index contributed by atoms with van der Waals surface area (Å²) in [7, 11) is 3.38. The van der Waals surface area contributed by atoms with Crippen LogP contribution in [0.25, 0.3) is 0 Å². The van der Waals surface area contributed by atoms with Crippen molar-refractivity contribution >= 4 is 21.8 Å². The van der Waals surface area contributed by atoms with Gasteiger partial charge in [0.2, 0.25) is 5.91 Å². The standard InChI is InChI=1S/C14H18BrNO3/c1-16(13(18)14(9-17)5-6-14)8-10-7-11(15)3-4-12(10)19-2/h3-4,7,17H,5-6,8-9H2,1-2H3. The third-order valence-corrected chi connectivity index (χ3v) is 4.10. The number of benzene rings is 1. The van der Waals surface area contributed by atoms with Crippen LogP contribution in [0.4, 0.5) is 0 Å². The molecule has 0 aromatic heterocycles. The third-order valence-electron chi connectivity index (χ3n) is 3.61. The van der Waals surface area contributed by atoms with Crippen molar-refractivity contribution < 1.29 is 14.6 Å². The molecule has 1 aliphatic rings. The molecular weight excluding hydrogens is 310 g/mol. The Morgan fingerprint density at radius 2 is 2.21 bits per heavy atom. The molecule has 0 saturated heterocycles. The first-order valence-electron chi connectivity index (χ1n) is 6.21. The number of aliphatic hydroxyl groups is 1. The summed E-state index contributed by atoms with van der Waals surface area (Å²) in [5, 5.41) is 9.31. The van der Waals surface area contributed by atoms with E-state index in [0.29, 0.717) is 6.54 Å². The van der Waals surface area contributed by atoms with Crippen molar-refractivity contribution in [2.24, 2.45) is 5.41 Å². The first-order valence-corrected chi connectivity index (χ1v) is 7.00. The minimum absolute atomic E-state index is 0.0111. The zero-order valence-corrected chi connectivity index (χ0v) is 12.7. The Labute approximate surface area is 121 Å². The van der Waals surface area contributed by atoms with E-state index in [9.17, 15) is 9.90 Å². The molecule has 1 aromatic rings. The highest BCUT2D eigenvalue weighted by atomic mass is 79.9. The molecule has 5 heteroatoms. The minimum Gasteiger partial charge on any atom is -0.496 e. The number of ether oxygens (including phenoxy) is 1. The van der Waals surface area contributed by atoms with Crippen molar-refractivity contribution in [3.63, 3.8) is 0 Å². The van der Waals surface area contributed by atoms with Crippen LogP contribution in [0.2, 0.25) is 0 Å². The van der Waals surface area contributed by atoms with Crippen LogP contribution in [0.3, 0.4) is 0 Å². The van der Waals surface area contributed by atoms with Crippen LogP contribution in [-0.2, 0) is 11.3 Å². The lowest BCUT2D eigenvalue weighted by molar-refractivity contribution is -0.137. The summed E-state index contributed by atoms with van der Waals surface area (Å²) in [6.45, 7) is 0.412. The topological polar surface area (TPSA) is 49.8 Å². The maximum atomic E-state index is 12.3. The summed E-state index contributed by atoms with van der Waals surface area (Å²) in [6.07, 6.45) is 1.56. The molecule has 0 bridgehead atoms. The maximum Gasteiger partial charge on any atom is 0.231 e. The SMILES string of the molecule is COc1ccc(Br)cc1CN(C)C(=O)C1(CO)CC1. The van der Waals surface area contributed by atoms with Gasteiger partial charge in [0, 0.05) is 23.6 Å². The molecule has 1 saturated carbocycles. The van der Waals surface area contributed by atoms with E-state index in [-0.39, 0.29) is 12.5 Å². The Balaban J connectivity index is 2.12. The number of hydrogen-bond donors (Lipinski definition) is 1. The zero-order valence-electron chi connectivity index (χ0n) is 11.1. The summed E-state index contributed by atoms with van der Waals surface area (Å²) in [6, 6.07) is 5.72. The van der Waals surface area contributed by atoms with Gasteiger partial charge in [-0.3, -0.25) is 4.79 Å². The Morgan fingerprint density at radius 1 is 1.53 bits per heavy atom. The van der Waals surface area contributed by atoms with Gasteiger partial charge in [0.15, 0.2) is 0 Å². The molecule has 19 heavy (non-hydrogen) atoms. The maximum absolute atomic E-state index is 12.3. The highest BCUT2D eigenvalue weighted by molar-refractivity contribution is 9.10. The van der Waals surface area contributed by atoms with Crippen LogP contribution in [0, 0.1) is 5.41 Å². The average Bonchev–Trinajstić information content (AvgIpc) is 3.19. The summed E-state index contributed by atoms with van der Waals surface area (Å²) >= 11 is 3.42. The number of methoxy groups -OCH3 is 1. The van der Waals surface area contributed by atoms with E-state index in [4.69, 9.17) is 4.74 Å². The minimum atomic E-state index is -0.520. The lowest BCUT2D eigenvalue weighted by atomic mass is 10.1. The zero-order chi connectivity index (χ0) is 14.0. The molecule has 0 spiro atoms. The number of amides is 1. The van der Waals surface area contributed by atoms with E-state index in [1.807, 2.05) is 18.2 Å². The third kappa shape index (κ3) is 2.92. The fraction of sp³-hybridized carbons (Fsp3) is 0.500. The fourth-order valence-electron chi connectivity index (χ4n) is 2.19. The highest BCUT2D eigenvalue weighted by Gasteiger charge is 2.50. The molecule has 1 N–H and O–H groups in total. The predicted octanol–water partition coefficient (Wildman–Crippen LogP) is 2.19. The van der Waals surface area contributed by atoms with E-state index >= 15 is 0 Å². The van der Waals surface area contributed by atoms with Crippen molar-refractivity contribution in [3.05, 3.63) is 28.2 Å². The van der Waals surface area contributed by atoms with Gasteiger partial charge in [0.25, 0.3) is 0 Å². The second-order valence-electron chi connectivity index (χ2n) is 5.06. The molecule has 1 aliphatic carbocycles. The normalized spacial score (nSPS) is 16.0. The van der Waals surface area contributed by atoms with Gasteiger partial charge in [-0.25, -0.2) is 0 Å². The van der Waals surface area contributed by atoms with Crippen molar-refractivity contribution in [1.29, 1.82) is 0 Å². The average molecular weight is 328 g/mol. The molecule has 1 fully saturated rings. The van der Waals surface area contributed by atoms with Crippen LogP contribution in [0.15, 0.2) is 22.7 Å². The lowest BCUT2D eigenvalue weighted by Crippen LogP contribution is -2.35. The molecule has 1 aromatic carbocycles. The first-order chi connectivity index (χ1) is 9.02. The van der Waals surface area contributed by atoms with Crippen molar-refractivity contribution in [3.8, 4) is 5.75 Å². The van der Waals surface area contributed by atoms with Gasteiger partial charge in [-0.15, -0.1) is 0 Å². The molecule has 1 amide bonds. The Hall–Kier alpha value is -1.07.